The van der Waals surface area contributed by atoms with Gasteiger partial charge in [0.05, 0.1) is 0 Å². The summed E-state index contributed by atoms with van der Waals surface area (Å²) in [4.78, 5) is 3.06. The van der Waals surface area contributed by atoms with E-state index < -0.39 is 0 Å². The molecule has 0 aliphatic heterocycles. The van der Waals surface area contributed by atoms with Crippen LogP contribution in [0.5, 0.6) is 0 Å². The highest BCUT2D eigenvalue weighted by atomic mass is 15.2. The maximum atomic E-state index is 3.31. The van der Waals surface area contributed by atoms with E-state index in [-0.39, 0.29) is 0 Å². The molecule has 2 heterocycles. The van der Waals surface area contributed by atoms with Crippen LogP contribution in [0.4, 0.5) is 0 Å². The lowest BCUT2D eigenvalue weighted by Gasteiger charge is -1.82. The van der Waals surface area contributed by atoms with Gasteiger partial charge in [-0.25, -0.2) is 0 Å². The summed E-state index contributed by atoms with van der Waals surface area (Å²) < 4.78 is 0. The molecule has 0 fully saturated rings. The van der Waals surface area contributed by atoms with Gasteiger partial charge in [0.25, 0.3) is 0 Å². The van der Waals surface area contributed by atoms with Crippen molar-refractivity contribution in [3.05, 3.63) is 49.2 Å². The summed E-state index contributed by atoms with van der Waals surface area (Å²) in [6.45, 7) is 0. The van der Waals surface area contributed by atoms with Crippen molar-refractivity contribution in [2.24, 2.45) is 0 Å². The fourth-order valence-electron chi connectivity index (χ4n) is 1.07. The number of rotatable bonds is 0. The zero-order valence-corrected chi connectivity index (χ0v) is 7.75. The van der Waals surface area contributed by atoms with Crippen LogP contribution in [0.2, 0.25) is 0 Å². The van der Waals surface area contributed by atoms with Gasteiger partial charge in [0, 0.05) is 23.2 Å². The molecule has 15 heavy (non-hydrogen) atoms. The third-order valence-electron chi connectivity index (χ3n) is 1.69. The molecule has 5 nitrogen and oxygen atoms in total. The van der Waals surface area contributed by atoms with E-state index in [1.54, 1.807) is 0 Å². The van der Waals surface area contributed by atoms with Crippen LogP contribution >= 0.6 is 0 Å². The largest absolute Gasteiger partial charge is 0.361 e. The number of hydrogen-bond acceptors (Lipinski definition) is 4. The van der Waals surface area contributed by atoms with Crippen molar-refractivity contribution >= 4 is 10.9 Å². The van der Waals surface area contributed by atoms with Gasteiger partial charge in [-0.15, -0.1) is 20.4 Å². The summed E-state index contributed by atoms with van der Waals surface area (Å²) in [6.07, 6.45) is 5.24. The molecule has 0 aliphatic rings. The average Bonchev–Trinajstić information content (AvgIpc) is 2.80. The average molecular weight is 197 g/mol. The van der Waals surface area contributed by atoms with Crippen LogP contribution in [0.25, 0.3) is 10.9 Å². The minimum absolute atomic E-state index is 1.15. The molecule has 2 radical (unpaired) electrons. The highest BCUT2D eigenvalue weighted by Gasteiger charge is 1.87. The Balaban J connectivity index is 0.000000124. The van der Waals surface area contributed by atoms with E-state index in [9.17, 15) is 0 Å². The Hall–Kier alpha value is -2.30. The summed E-state index contributed by atoms with van der Waals surface area (Å²) in [7, 11) is 0. The molecule has 72 valence electrons. The van der Waals surface area contributed by atoms with Crippen LogP contribution in [0.15, 0.2) is 36.8 Å². The number of H-pyrrole nitrogens is 1. The molecule has 0 amide bonds. The van der Waals surface area contributed by atoms with E-state index >= 15 is 0 Å². The van der Waals surface area contributed by atoms with E-state index in [1.807, 2.05) is 30.5 Å². The lowest BCUT2D eigenvalue weighted by atomic mass is 10.3. The van der Waals surface area contributed by atoms with Crippen LogP contribution in [-0.4, -0.2) is 25.4 Å². The van der Waals surface area contributed by atoms with Crippen molar-refractivity contribution in [1.29, 1.82) is 0 Å². The van der Waals surface area contributed by atoms with Gasteiger partial charge >= 0.3 is 0 Å². The molecule has 0 aliphatic carbocycles. The van der Waals surface area contributed by atoms with Crippen LogP contribution < -0.4 is 0 Å². The summed E-state index contributed by atoms with van der Waals surface area (Å²) in [5.41, 5.74) is 1.15. The zero-order valence-electron chi connectivity index (χ0n) is 7.75. The van der Waals surface area contributed by atoms with Crippen LogP contribution in [0, 0.1) is 12.4 Å². The molecule has 0 atom stereocenters. The third-order valence-corrected chi connectivity index (χ3v) is 1.69. The van der Waals surface area contributed by atoms with Crippen molar-refractivity contribution < 1.29 is 0 Å². The minimum atomic E-state index is 1.15. The fourth-order valence-corrected chi connectivity index (χ4v) is 1.07. The molecule has 0 saturated heterocycles. The number of nitrogens with one attached hydrogen (secondary N) is 1. The van der Waals surface area contributed by atoms with Crippen molar-refractivity contribution in [2.45, 2.75) is 0 Å². The van der Waals surface area contributed by atoms with Gasteiger partial charge in [0.2, 0.25) is 6.33 Å². The van der Waals surface area contributed by atoms with Crippen LogP contribution in [-0.2, 0) is 0 Å². The molecule has 0 saturated carbocycles. The topological polar surface area (TPSA) is 67.3 Å². The lowest BCUT2D eigenvalue weighted by molar-refractivity contribution is 0.843. The second-order valence-corrected chi connectivity index (χ2v) is 2.63. The van der Waals surface area contributed by atoms with Gasteiger partial charge in [-0.2, -0.15) is 0 Å². The molecule has 3 aromatic rings. The van der Waals surface area contributed by atoms with Gasteiger partial charge < -0.3 is 4.98 Å². The third kappa shape index (κ3) is 2.57. The van der Waals surface area contributed by atoms with E-state index in [0.717, 1.165) is 10.9 Å². The highest BCUT2D eigenvalue weighted by Crippen LogP contribution is 2.08. The summed E-state index contributed by atoms with van der Waals surface area (Å²) in [6, 6.07) is 11.1. The van der Waals surface area contributed by atoms with Crippen molar-refractivity contribution in [3.8, 4) is 0 Å². The summed E-state index contributed by atoms with van der Waals surface area (Å²) in [5.74, 6) is 0. The van der Waals surface area contributed by atoms with Gasteiger partial charge in [-0.1, -0.05) is 18.2 Å². The molecule has 2 aromatic heterocycles. The number of aromatic amines is 1. The Kier molecular flexibility index (Phi) is 2.97. The Labute approximate surface area is 86.2 Å². The standard InChI is InChI=1S/C8H6N.C2HN4/c1-2-4-8-7(3-1)5-6-9-8;1-3-5-2-6-4-1/h1-4,6,9H;1H. The molecule has 0 spiro atoms. The molecule has 0 unspecified atom stereocenters. The second kappa shape index (κ2) is 4.80. The number of hydrogen-bond donors (Lipinski definition) is 1. The van der Waals surface area contributed by atoms with E-state index in [4.69, 9.17) is 0 Å². The number of nitrogens with zero attached hydrogens (tertiary/aromatic N) is 4. The quantitative estimate of drug-likeness (QED) is 0.584. The van der Waals surface area contributed by atoms with Gasteiger partial charge in [0.1, 0.15) is 0 Å². The first kappa shape index (κ1) is 9.26. The maximum absolute atomic E-state index is 3.31. The van der Waals surface area contributed by atoms with E-state index in [1.165, 1.54) is 6.33 Å². The van der Waals surface area contributed by atoms with E-state index in [0.29, 0.717) is 0 Å². The van der Waals surface area contributed by atoms with Crippen LogP contribution in [0.3, 0.4) is 0 Å². The first-order valence-electron chi connectivity index (χ1n) is 4.27. The summed E-state index contributed by atoms with van der Waals surface area (Å²) in [5, 5.41) is 14.2. The number of benzene rings is 1. The molecule has 5 heteroatoms. The van der Waals surface area contributed by atoms with Crippen molar-refractivity contribution in [3.63, 3.8) is 0 Å². The number of para-hydroxylation sites is 1. The van der Waals surface area contributed by atoms with Crippen molar-refractivity contribution in [1.82, 2.24) is 25.4 Å². The second-order valence-electron chi connectivity index (χ2n) is 2.63. The van der Waals surface area contributed by atoms with E-state index in [2.05, 4.69) is 37.8 Å². The number of aromatic nitrogens is 5. The lowest BCUT2D eigenvalue weighted by Crippen LogP contribution is -1.83. The molecular formula is C10H7N5. The van der Waals surface area contributed by atoms with Crippen LogP contribution in [0.1, 0.15) is 0 Å². The predicted octanol–water partition coefficient (Wildman–Crippen LogP) is 1.03. The molecule has 1 aromatic carbocycles. The normalized spacial score (nSPS) is 9.33. The van der Waals surface area contributed by atoms with Crippen molar-refractivity contribution in [2.75, 3.05) is 0 Å². The van der Waals surface area contributed by atoms with Gasteiger partial charge in [-0.05, 0) is 6.07 Å². The SMILES string of the molecule is [c]1c[nH]c2ccccc12.[c]1nncnn1. The first-order chi connectivity index (χ1) is 7.47. The fraction of sp³-hybridized carbons (Fsp3) is 0. The Morgan fingerprint density at radius 3 is 2.47 bits per heavy atom. The summed E-state index contributed by atoms with van der Waals surface area (Å²) >= 11 is 0. The maximum Gasteiger partial charge on any atom is 0.244 e. The molecular weight excluding hydrogens is 190 g/mol. The predicted molar refractivity (Wildman–Crippen MR) is 53.6 cm³/mol. The Morgan fingerprint density at radius 2 is 1.87 bits per heavy atom. The van der Waals surface area contributed by atoms with Gasteiger partial charge in [0.15, 0.2) is 6.33 Å². The molecule has 3 rings (SSSR count). The monoisotopic (exact) mass is 197 g/mol. The Bertz CT molecular complexity index is 448. The Morgan fingerprint density at radius 1 is 1.07 bits per heavy atom. The number of fused-ring (bicyclic) bond motifs is 1. The minimum Gasteiger partial charge on any atom is -0.361 e. The zero-order chi connectivity index (χ0) is 10.3. The smallest absolute Gasteiger partial charge is 0.244 e. The first-order valence-corrected chi connectivity index (χ1v) is 4.27. The molecule has 0 bridgehead atoms. The highest BCUT2D eigenvalue weighted by molar-refractivity contribution is 5.78. The van der Waals surface area contributed by atoms with Gasteiger partial charge in [-0.3, -0.25) is 0 Å². The molecule has 1 N–H and O–H groups in total.